The predicted molar refractivity (Wildman–Crippen MR) is 82.6 cm³/mol. The van der Waals surface area contributed by atoms with Crippen LogP contribution in [-0.2, 0) is 4.74 Å². The Morgan fingerprint density at radius 1 is 1.47 bits per heavy atom. The molecule has 0 radical (unpaired) electrons. The second-order valence-electron chi connectivity index (χ2n) is 4.76. The van der Waals surface area contributed by atoms with Crippen LogP contribution in [0, 0.1) is 0 Å². The van der Waals surface area contributed by atoms with Gasteiger partial charge in [-0.05, 0) is 49.7 Å². The molecule has 2 N–H and O–H groups in total. The molecule has 2 atom stereocenters. The van der Waals surface area contributed by atoms with Crippen LogP contribution in [0.15, 0.2) is 24.3 Å². The largest absolute Gasteiger partial charge is 0.376 e. The standard InChI is InChI=1S/C14H19ClN2OS/c1-10(11-4-6-12(15)7-5-11)17-14(19)16-9-13-3-2-8-18-13/h4-7,10,13H,2-3,8-9H2,1H3,(H2,16,17,19)/t10-,13+/m1/s1. The third kappa shape index (κ3) is 4.64. The highest BCUT2D eigenvalue weighted by Crippen LogP contribution is 2.16. The summed E-state index contributed by atoms with van der Waals surface area (Å²) >= 11 is 11.2. The third-order valence-corrected chi connectivity index (χ3v) is 3.75. The molecule has 1 aliphatic heterocycles. The molecule has 1 fully saturated rings. The summed E-state index contributed by atoms with van der Waals surface area (Å²) in [5, 5.41) is 7.88. The Morgan fingerprint density at radius 3 is 2.84 bits per heavy atom. The number of nitrogens with one attached hydrogen (secondary N) is 2. The van der Waals surface area contributed by atoms with E-state index in [0.29, 0.717) is 11.2 Å². The predicted octanol–water partition coefficient (Wildman–Crippen LogP) is 3.04. The summed E-state index contributed by atoms with van der Waals surface area (Å²) in [5.74, 6) is 0. The SMILES string of the molecule is C[C@@H](NC(=S)NC[C@@H]1CCCO1)c1ccc(Cl)cc1. The van der Waals surface area contributed by atoms with Gasteiger partial charge in [0.05, 0.1) is 12.1 Å². The maximum absolute atomic E-state index is 5.87. The molecule has 1 saturated heterocycles. The first-order chi connectivity index (χ1) is 9.15. The van der Waals surface area contributed by atoms with E-state index >= 15 is 0 Å². The molecule has 1 heterocycles. The van der Waals surface area contributed by atoms with Crippen molar-refractivity contribution in [3.8, 4) is 0 Å². The fourth-order valence-electron chi connectivity index (χ4n) is 2.09. The average molecular weight is 299 g/mol. The van der Waals surface area contributed by atoms with Gasteiger partial charge >= 0.3 is 0 Å². The van der Waals surface area contributed by atoms with E-state index in [1.807, 2.05) is 24.3 Å². The molecule has 0 bridgehead atoms. The van der Waals surface area contributed by atoms with Gasteiger partial charge in [0.15, 0.2) is 5.11 Å². The molecule has 0 aliphatic carbocycles. The molecule has 0 amide bonds. The molecule has 0 saturated carbocycles. The van der Waals surface area contributed by atoms with Gasteiger partial charge in [0.1, 0.15) is 0 Å². The van der Waals surface area contributed by atoms with Gasteiger partial charge in [-0.25, -0.2) is 0 Å². The monoisotopic (exact) mass is 298 g/mol. The first kappa shape index (κ1) is 14.6. The van der Waals surface area contributed by atoms with Crippen molar-refractivity contribution < 1.29 is 4.74 Å². The zero-order valence-electron chi connectivity index (χ0n) is 11.0. The molecule has 0 aromatic heterocycles. The van der Waals surface area contributed by atoms with E-state index in [1.165, 1.54) is 0 Å². The van der Waals surface area contributed by atoms with E-state index in [0.717, 1.165) is 36.6 Å². The summed E-state index contributed by atoms with van der Waals surface area (Å²) < 4.78 is 5.54. The molecule has 1 aromatic carbocycles. The van der Waals surface area contributed by atoms with Gasteiger partial charge in [0, 0.05) is 18.2 Å². The Morgan fingerprint density at radius 2 is 2.21 bits per heavy atom. The summed E-state index contributed by atoms with van der Waals surface area (Å²) in [5.41, 5.74) is 1.16. The first-order valence-corrected chi connectivity index (χ1v) is 7.35. The van der Waals surface area contributed by atoms with Crippen LogP contribution >= 0.6 is 23.8 Å². The number of halogens is 1. The molecule has 0 unspecified atom stereocenters. The summed E-state index contributed by atoms with van der Waals surface area (Å²) in [7, 11) is 0. The Hall–Kier alpha value is -0.840. The van der Waals surface area contributed by atoms with Crippen LogP contribution in [0.5, 0.6) is 0 Å². The van der Waals surface area contributed by atoms with Crippen LogP contribution < -0.4 is 10.6 Å². The van der Waals surface area contributed by atoms with E-state index in [-0.39, 0.29) is 6.04 Å². The van der Waals surface area contributed by atoms with Crippen LogP contribution in [-0.4, -0.2) is 24.4 Å². The Bertz CT molecular complexity index is 418. The van der Waals surface area contributed by atoms with Crippen molar-refractivity contribution in [1.29, 1.82) is 0 Å². The lowest BCUT2D eigenvalue weighted by Crippen LogP contribution is -2.40. The quantitative estimate of drug-likeness (QED) is 0.837. The molecule has 3 nitrogen and oxygen atoms in total. The Kier molecular flexibility index (Phi) is 5.43. The van der Waals surface area contributed by atoms with Crippen LogP contribution in [0.2, 0.25) is 5.02 Å². The molecule has 19 heavy (non-hydrogen) atoms. The molecule has 2 rings (SSSR count). The second kappa shape index (κ2) is 7.08. The minimum atomic E-state index is 0.154. The van der Waals surface area contributed by atoms with Gasteiger partial charge in [-0.15, -0.1) is 0 Å². The summed E-state index contributed by atoms with van der Waals surface area (Å²) in [6.07, 6.45) is 2.56. The molecule has 1 aromatic rings. The van der Waals surface area contributed by atoms with Gasteiger partial charge in [-0.1, -0.05) is 23.7 Å². The Labute approximate surface area is 124 Å². The van der Waals surface area contributed by atoms with E-state index in [9.17, 15) is 0 Å². The van der Waals surface area contributed by atoms with E-state index in [1.54, 1.807) is 0 Å². The first-order valence-electron chi connectivity index (χ1n) is 6.56. The summed E-state index contributed by atoms with van der Waals surface area (Å²) in [6, 6.07) is 7.93. The molecule has 5 heteroatoms. The van der Waals surface area contributed by atoms with Crippen LogP contribution in [0.25, 0.3) is 0 Å². The van der Waals surface area contributed by atoms with E-state index in [4.69, 9.17) is 28.6 Å². The number of rotatable bonds is 4. The summed E-state index contributed by atoms with van der Waals surface area (Å²) in [4.78, 5) is 0. The molecular formula is C14H19ClN2OS. The van der Waals surface area contributed by atoms with Crippen molar-refractivity contribution in [1.82, 2.24) is 10.6 Å². The van der Waals surface area contributed by atoms with Crippen molar-refractivity contribution in [3.63, 3.8) is 0 Å². The van der Waals surface area contributed by atoms with Gasteiger partial charge in [-0.2, -0.15) is 0 Å². The minimum Gasteiger partial charge on any atom is -0.376 e. The topological polar surface area (TPSA) is 33.3 Å². The van der Waals surface area contributed by atoms with Crippen LogP contribution in [0.3, 0.4) is 0 Å². The molecule has 1 aliphatic rings. The number of thiocarbonyl (C=S) groups is 1. The highest BCUT2D eigenvalue weighted by molar-refractivity contribution is 7.80. The number of ether oxygens (including phenoxy) is 1. The number of hydrogen-bond acceptors (Lipinski definition) is 2. The lowest BCUT2D eigenvalue weighted by atomic mass is 10.1. The summed E-state index contributed by atoms with van der Waals surface area (Å²) in [6.45, 7) is 3.72. The maximum Gasteiger partial charge on any atom is 0.166 e. The van der Waals surface area contributed by atoms with Crippen LogP contribution in [0.1, 0.15) is 31.4 Å². The van der Waals surface area contributed by atoms with Crippen molar-refractivity contribution in [2.24, 2.45) is 0 Å². The zero-order valence-corrected chi connectivity index (χ0v) is 12.6. The van der Waals surface area contributed by atoms with Crippen LogP contribution in [0.4, 0.5) is 0 Å². The highest BCUT2D eigenvalue weighted by atomic mass is 35.5. The highest BCUT2D eigenvalue weighted by Gasteiger charge is 2.15. The fourth-order valence-corrected chi connectivity index (χ4v) is 2.48. The van der Waals surface area contributed by atoms with E-state index in [2.05, 4.69) is 17.6 Å². The van der Waals surface area contributed by atoms with Gasteiger partial charge < -0.3 is 15.4 Å². The second-order valence-corrected chi connectivity index (χ2v) is 5.61. The Balaban J connectivity index is 1.76. The number of hydrogen-bond donors (Lipinski definition) is 2. The lowest BCUT2D eigenvalue weighted by Gasteiger charge is -2.19. The molecule has 0 spiro atoms. The smallest absolute Gasteiger partial charge is 0.166 e. The van der Waals surface area contributed by atoms with Crippen molar-refractivity contribution in [3.05, 3.63) is 34.9 Å². The molecule has 104 valence electrons. The van der Waals surface area contributed by atoms with Crippen molar-refractivity contribution >= 4 is 28.9 Å². The minimum absolute atomic E-state index is 0.154. The van der Waals surface area contributed by atoms with E-state index < -0.39 is 0 Å². The fraction of sp³-hybridized carbons (Fsp3) is 0.500. The maximum atomic E-state index is 5.87. The van der Waals surface area contributed by atoms with Gasteiger partial charge in [0.25, 0.3) is 0 Å². The van der Waals surface area contributed by atoms with Gasteiger partial charge in [-0.3, -0.25) is 0 Å². The number of benzene rings is 1. The normalized spacial score (nSPS) is 20.0. The zero-order chi connectivity index (χ0) is 13.7. The van der Waals surface area contributed by atoms with Gasteiger partial charge in [0.2, 0.25) is 0 Å². The van der Waals surface area contributed by atoms with Crippen molar-refractivity contribution in [2.75, 3.05) is 13.2 Å². The molecular weight excluding hydrogens is 280 g/mol. The average Bonchev–Trinajstić information content (AvgIpc) is 2.90. The third-order valence-electron chi connectivity index (χ3n) is 3.23. The lowest BCUT2D eigenvalue weighted by molar-refractivity contribution is 0.114. The van der Waals surface area contributed by atoms with Crippen molar-refractivity contribution in [2.45, 2.75) is 31.9 Å².